The first kappa shape index (κ1) is 15.7. The Morgan fingerprint density at radius 3 is 2.90 bits per heavy atom. The maximum absolute atomic E-state index is 12.3. The van der Waals surface area contributed by atoms with Crippen molar-refractivity contribution in [3.8, 4) is 0 Å². The van der Waals surface area contributed by atoms with Crippen molar-refractivity contribution in [2.75, 3.05) is 26.0 Å². The van der Waals surface area contributed by atoms with Crippen molar-refractivity contribution in [1.29, 1.82) is 0 Å². The molecule has 3 N–H and O–H groups in total. The van der Waals surface area contributed by atoms with Gasteiger partial charge < -0.3 is 15.8 Å². The quantitative estimate of drug-likeness (QED) is 0.890. The predicted molar refractivity (Wildman–Crippen MR) is 86.9 cm³/mol. The zero-order chi connectivity index (χ0) is 15.6. The van der Waals surface area contributed by atoms with Crippen molar-refractivity contribution in [3.05, 3.63) is 22.3 Å². The normalized spacial score (nSPS) is 12.6. The van der Waals surface area contributed by atoms with Crippen LogP contribution in [0.4, 0.5) is 5.69 Å². The lowest BCUT2D eigenvalue weighted by Crippen LogP contribution is -2.29. The first-order valence-electron chi connectivity index (χ1n) is 6.87. The number of pyridine rings is 1. The van der Waals surface area contributed by atoms with Crippen LogP contribution in [-0.4, -0.2) is 31.2 Å². The van der Waals surface area contributed by atoms with Crippen molar-refractivity contribution >= 4 is 33.0 Å². The molecule has 0 aliphatic heterocycles. The number of nitrogens with zero attached hydrogens (tertiary/aromatic N) is 1. The van der Waals surface area contributed by atoms with Crippen molar-refractivity contribution in [2.45, 2.75) is 20.8 Å². The number of carbonyl (C=O) groups excluding carboxylic acids is 1. The number of fused-ring (bicyclic) bond motifs is 1. The van der Waals surface area contributed by atoms with Crippen molar-refractivity contribution in [2.24, 2.45) is 5.92 Å². The molecule has 6 heteroatoms. The molecule has 0 bridgehead atoms. The van der Waals surface area contributed by atoms with Gasteiger partial charge in [0.05, 0.1) is 12.3 Å². The average molecular weight is 307 g/mol. The molecular weight excluding hydrogens is 286 g/mol. The number of thiophene rings is 1. The van der Waals surface area contributed by atoms with E-state index in [0.717, 1.165) is 21.5 Å². The van der Waals surface area contributed by atoms with Crippen LogP contribution in [0.5, 0.6) is 0 Å². The summed E-state index contributed by atoms with van der Waals surface area (Å²) in [7, 11) is 1.65. The fourth-order valence-corrected chi connectivity index (χ4v) is 3.52. The van der Waals surface area contributed by atoms with Crippen LogP contribution in [0.15, 0.2) is 6.07 Å². The summed E-state index contributed by atoms with van der Waals surface area (Å²) in [5.41, 5.74) is 8.46. The van der Waals surface area contributed by atoms with Crippen LogP contribution in [0.3, 0.4) is 0 Å². The Bertz CT molecular complexity index is 666. The maximum atomic E-state index is 12.3. The molecule has 0 spiro atoms. The minimum atomic E-state index is -0.131. The molecule has 2 rings (SSSR count). The number of amides is 1. The Morgan fingerprint density at radius 1 is 1.52 bits per heavy atom. The molecule has 1 atom stereocenters. The molecule has 0 aliphatic rings. The smallest absolute Gasteiger partial charge is 0.263 e. The number of nitrogens with one attached hydrogen (secondary N) is 1. The minimum Gasteiger partial charge on any atom is -0.397 e. The van der Waals surface area contributed by atoms with Crippen molar-refractivity contribution in [1.82, 2.24) is 10.3 Å². The van der Waals surface area contributed by atoms with Crippen LogP contribution >= 0.6 is 11.3 Å². The Kier molecular flexibility index (Phi) is 4.80. The number of carbonyl (C=O) groups is 1. The Balaban J connectivity index is 2.24. The summed E-state index contributed by atoms with van der Waals surface area (Å²) >= 11 is 1.42. The third-order valence-corrected chi connectivity index (χ3v) is 4.44. The van der Waals surface area contributed by atoms with Gasteiger partial charge in [0.1, 0.15) is 4.88 Å². The molecular formula is C15H21N3O2S. The fourth-order valence-electron chi connectivity index (χ4n) is 2.34. The van der Waals surface area contributed by atoms with E-state index in [1.165, 1.54) is 11.3 Å². The molecule has 5 nitrogen and oxygen atoms in total. The first-order valence-corrected chi connectivity index (χ1v) is 7.69. The van der Waals surface area contributed by atoms with Crippen molar-refractivity contribution < 1.29 is 9.53 Å². The maximum Gasteiger partial charge on any atom is 0.263 e. The summed E-state index contributed by atoms with van der Waals surface area (Å²) in [5.74, 6) is 0.133. The summed E-state index contributed by atoms with van der Waals surface area (Å²) in [4.78, 5) is 17.3. The van der Waals surface area contributed by atoms with Crippen LogP contribution in [-0.2, 0) is 4.74 Å². The van der Waals surface area contributed by atoms with Gasteiger partial charge in [-0.25, -0.2) is 0 Å². The molecule has 2 heterocycles. The molecule has 2 aromatic heterocycles. The Labute approximate surface area is 128 Å². The summed E-state index contributed by atoms with van der Waals surface area (Å²) in [6.07, 6.45) is 0. The SMILES string of the molecule is COCC(C)CNC(=O)c1sc2cc(C)nc(C)c2c1N. The highest BCUT2D eigenvalue weighted by molar-refractivity contribution is 7.21. The summed E-state index contributed by atoms with van der Waals surface area (Å²) < 4.78 is 6.07. The highest BCUT2D eigenvalue weighted by Crippen LogP contribution is 2.35. The van der Waals surface area contributed by atoms with Crippen molar-refractivity contribution in [3.63, 3.8) is 0 Å². The Morgan fingerprint density at radius 2 is 2.24 bits per heavy atom. The molecule has 0 aliphatic carbocycles. The van der Waals surface area contributed by atoms with E-state index < -0.39 is 0 Å². The van der Waals surface area contributed by atoms with Gasteiger partial charge in [0.15, 0.2) is 0 Å². The van der Waals surface area contributed by atoms with E-state index in [2.05, 4.69) is 10.3 Å². The molecule has 1 amide bonds. The van der Waals surface area contributed by atoms with Gasteiger partial charge in [0.25, 0.3) is 5.91 Å². The third kappa shape index (κ3) is 3.33. The number of hydrogen-bond donors (Lipinski definition) is 2. The van der Waals surface area contributed by atoms with Gasteiger partial charge in [0, 0.05) is 35.1 Å². The van der Waals surface area contributed by atoms with Gasteiger partial charge in [-0.1, -0.05) is 6.92 Å². The number of nitrogens with two attached hydrogens (primary N) is 1. The number of nitrogen functional groups attached to an aromatic ring is 1. The summed E-state index contributed by atoms with van der Waals surface area (Å²) in [6, 6.07) is 1.97. The van der Waals surface area contributed by atoms with E-state index >= 15 is 0 Å². The van der Waals surface area contributed by atoms with Gasteiger partial charge >= 0.3 is 0 Å². The van der Waals surface area contributed by atoms with E-state index in [9.17, 15) is 4.79 Å². The molecule has 0 saturated heterocycles. The van der Waals surface area contributed by atoms with E-state index in [1.807, 2.05) is 26.8 Å². The second-order valence-corrected chi connectivity index (χ2v) is 6.39. The third-order valence-electron chi connectivity index (χ3n) is 3.29. The molecule has 114 valence electrons. The lowest BCUT2D eigenvalue weighted by atomic mass is 10.2. The van der Waals surface area contributed by atoms with E-state index in [0.29, 0.717) is 23.7 Å². The average Bonchev–Trinajstić information content (AvgIpc) is 2.73. The zero-order valence-corrected chi connectivity index (χ0v) is 13.6. The summed E-state index contributed by atoms with van der Waals surface area (Å²) in [5, 5.41) is 3.80. The molecule has 2 aromatic rings. The van der Waals surface area contributed by atoms with Crippen LogP contribution in [0, 0.1) is 19.8 Å². The number of ether oxygens (including phenoxy) is 1. The predicted octanol–water partition coefficient (Wildman–Crippen LogP) is 2.51. The number of methoxy groups -OCH3 is 1. The molecule has 1 unspecified atom stereocenters. The molecule has 0 fully saturated rings. The fraction of sp³-hybridized carbons (Fsp3) is 0.467. The Hall–Kier alpha value is -1.66. The van der Waals surface area contributed by atoms with Gasteiger partial charge in [0.2, 0.25) is 0 Å². The minimum absolute atomic E-state index is 0.131. The highest BCUT2D eigenvalue weighted by Gasteiger charge is 2.18. The van der Waals surface area contributed by atoms with E-state index in [1.54, 1.807) is 7.11 Å². The molecule has 0 radical (unpaired) electrons. The van der Waals surface area contributed by atoms with Gasteiger partial charge in [-0.2, -0.15) is 0 Å². The second-order valence-electron chi connectivity index (χ2n) is 5.34. The molecule has 0 aromatic carbocycles. The number of hydrogen-bond acceptors (Lipinski definition) is 5. The number of anilines is 1. The zero-order valence-electron chi connectivity index (χ0n) is 12.8. The number of aryl methyl sites for hydroxylation is 2. The molecule has 0 saturated carbocycles. The summed E-state index contributed by atoms with van der Waals surface area (Å²) in [6.45, 7) is 7.06. The lowest BCUT2D eigenvalue weighted by molar-refractivity contribution is 0.0939. The number of rotatable bonds is 5. The second kappa shape index (κ2) is 6.41. The van der Waals surface area contributed by atoms with Crippen LogP contribution in [0.1, 0.15) is 28.0 Å². The number of aromatic nitrogens is 1. The van der Waals surface area contributed by atoms with E-state index in [-0.39, 0.29) is 11.8 Å². The lowest BCUT2D eigenvalue weighted by Gasteiger charge is -2.11. The highest BCUT2D eigenvalue weighted by atomic mass is 32.1. The van der Waals surface area contributed by atoms with Gasteiger partial charge in [-0.3, -0.25) is 9.78 Å². The van der Waals surface area contributed by atoms with Crippen LogP contribution < -0.4 is 11.1 Å². The monoisotopic (exact) mass is 307 g/mol. The topological polar surface area (TPSA) is 77.2 Å². The standard InChI is InChI=1S/C15H21N3O2S/c1-8(7-20-4)6-17-15(19)14-13(16)12-10(3)18-9(2)5-11(12)21-14/h5,8H,6-7,16H2,1-4H3,(H,17,19). The first-order chi connectivity index (χ1) is 9.93. The van der Waals surface area contributed by atoms with Gasteiger partial charge in [-0.15, -0.1) is 11.3 Å². The largest absolute Gasteiger partial charge is 0.397 e. The van der Waals surface area contributed by atoms with Crippen LogP contribution in [0.2, 0.25) is 0 Å². The van der Waals surface area contributed by atoms with Gasteiger partial charge in [-0.05, 0) is 25.8 Å². The molecule has 21 heavy (non-hydrogen) atoms. The van der Waals surface area contributed by atoms with E-state index in [4.69, 9.17) is 10.5 Å². The van der Waals surface area contributed by atoms with Crippen LogP contribution in [0.25, 0.3) is 10.1 Å².